The highest BCUT2D eigenvalue weighted by molar-refractivity contribution is 7.98. The Hall–Kier alpha value is -1.98. The largest absolute Gasteiger partial charge is 0.404 e. The maximum atomic E-state index is 13.4. The molecular formula is C20H24ClN3O5S2. The summed E-state index contributed by atoms with van der Waals surface area (Å²) in [6.45, 7) is 0. The minimum absolute atomic E-state index is 0.0394. The molecular weight excluding hydrogens is 462 g/mol. The molecule has 0 heterocycles. The molecule has 0 spiro atoms. The number of fused-ring (bicyclic) bond motifs is 1. The zero-order valence-electron chi connectivity index (χ0n) is 16.7. The molecule has 0 aliphatic rings. The van der Waals surface area contributed by atoms with Crippen LogP contribution in [-0.2, 0) is 19.1 Å². The van der Waals surface area contributed by atoms with Crippen LogP contribution in [-0.4, -0.2) is 52.8 Å². The first-order chi connectivity index (χ1) is 14.6. The third-order valence-electron chi connectivity index (χ3n) is 4.37. The number of hydrogen-bond acceptors (Lipinski definition) is 10. The number of hydrogen-bond donors (Lipinski definition) is 4. The second-order valence-corrected chi connectivity index (χ2v) is 8.48. The summed E-state index contributed by atoms with van der Waals surface area (Å²) in [6, 6.07) is 7.44. The first-order valence-corrected chi connectivity index (χ1v) is 11.6. The molecule has 2 aromatic carbocycles. The fourth-order valence-corrected chi connectivity index (χ4v) is 3.53. The van der Waals surface area contributed by atoms with Crippen molar-refractivity contribution in [1.82, 2.24) is 0 Å². The molecule has 0 amide bonds. The molecule has 168 valence electrons. The van der Waals surface area contributed by atoms with Gasteiger partial charge in [-0.3, -0.25) is 14.4 Å². The van der Waals surface area contributed by atoms with E-state index < -0.39 is 35.1 Å². The Bertz CT molecular complexity index is 977. The van der Waals surface area contributed by atoms with Gasteiger partial charge in [0.2, 0.25) is 0 Å². The molecule has 0 saturated heterocycles. The number of rotatable bonds is 10. The molecule has 0 aromatic heterocycles. The first-order valence-electron chi connectivity index (χ1n) is 9.22. The van der Waals surface area contributed by atoms with Gasteiger partial charge in [-0.25, -0.2) is 0 Å². The Morgan fingerprint density at radius 3 is 2.23 bits per heavy atom. The van der Waals surface area contributed by atoms with E-state index in [4.69, 9.17) is 38.3 Å². The van der Waals surface area contributed by atoms with Crippen LogP contribution >= 0.6 is 36.0 Å². The normalized spacial score (nSPS) is 15.0. The standard InChI is InChI=1S/C20H24ClN3O5S2/c1-31-9-8-15(23)18(26)28-20(21,29-19(27)16(24)10-30)17(25)13-6-7-14(22)12-5-3-2-4-11(12)13/h2-7,15-16,30H,8-10,22-24H2,1H3. The number of thiol groups is 1. The van der Waals surface area contributed by atoms with Gasteiger partial charge in [-0.2, -0.15) is 24.4 Å². The quantitative estimate of drug-likeness (QED) is 0.0988. The number of halogens is 1. The van der Waals surface area contributed by atoms with Crippen molar-refractivity contribution in [3.05, 3.63) is 42.0 Å². The summed E-state index contributed by atoms with van der Waals surface area (Å²) in [4.78, 5) is 38.2. The lowest BCUT2D eigenvalue weighted by molar-refractivity contribution is -0.190. The van der Waals surface area contributed by atoms with Crippen LogP contribution in [0.15, 0.2) is 36.4 Å². The number of carbonyl (C=O) groups excluding carboxylic acids is 3. The molecule has 3 unspecified atom stereocenters. The monoisotopic (exact) mass is 485 g/mol. The smallest absolute Gasteiger partial charge is 0.401 e. The van der Waals surface area contributed by atoms with Crippen molar-refractivity contribution in [3.8, 4) is 0 Å². The van der Waals surface area contributed by atoms with E-state index in [-0.39, 0.29) is 17.7 Å². The fourth-order valence-electron chi connectivity index (χ4n) is 2.64. The van der Waals surface area contributed by atoms with Crippen LogP contribution in [0.1, 0.15) is 16.8 Å². The van der Waals surface area contributed by atoms with Crippen LogP contribution < -0.4 is 17.2 Å². The van der Waals surface area contributed by atoms with E-state index >= 15 is 0 Å². The minimum Gasteiger partial charge on any atom is -0.401 e. The molecule has 0 aliphatic heterocycles. The highest BCUT2D eigenvalue weighted by Crippen LogP contribution is 2.32. The Morgan fingerprint density at radius 2 is 1.65 bits per heavy atom. The van der Waals surface area contributed by atoms with E-state index in [9.17, 15) is 14.4 Å². The van der Waals surface area contributed by atoms with Gasteiger partial charge < -0.3 is 26.7 Å². The van der Waals surface area contributed by atoms with Gasteiger partial charge in [0.05, 0.1) is 0 Å². The lowest BCUT2D eigenvalue weighted by atomic mass is 9.99. The zero-order chi connectivity index (χ0) is 23.2. The number of ether oxygens (including phenoxy) is 2. The summed E-state index contributed by atoms with van der Waals surface area (Å²) in [7, 11) is 0. The molecule has 0 bridgehead atoms. The van der Waals surface area contributed by atoms with E-state index in [1.807, 2.05) is 6.26 Å². The summed E-state index contributed by atoms with van der Waals surface area (Å²) in [5.74, 6) is -2.54. The molecule has 2 aromatic rings. The average molecular weight is 486 g/mol. The van der Waals surface area contributed by atoms with E-state index in [1.165, 1.54) is 23.9 Å². The predicted molar refractivity (Wildman–Crippen MR) is 126 cm³/mol. The van der Waals surface area contributed by atoms with E-state index in [2.05, 4.69) is 12.6 Å². The van der Waals surface area contributed by atoms with Gasteiger partial charge in [-0.05, 0) is 47.5 Å². The molecule has 3 atom stereocenters. The highest BCUT2D eigenvalue weighted by atomic mass is 35.5. The average Bonchev–Trinajstić information content (AvgIpc) is 2.76. The van der Waals surface area contributed by atoms with Gasteiger partial charge in [0.25, 0.3) is 5.78 Å². The van der Waals surface area contributed by atoms with Crippen LogP contribution in [0.5, 0.6) is 0 Å². The summed E-state index contributed by atoms with van der Waals surface area (Å²) < 4.78 is 10.2. The molecule has 11 heteroatoms. The number of carbonyl (C=O) groups is 3. The Labute approximate surface area is 194 Å². The number of nitrogen functional groups attached to an aromatic ring is 1. The lowest BCUT2D eigenvalue weighted by Crippen LogP contribution is -2.49. The highest BCUT2D eigenvalue weighted by Gasteiger charge is 2.47. The third kappa shape index (κ3) is 6.05. The molecule has 31 heavy (non-hydrogen) atoms. The molecule has 6 N–H and O–H groups in total. The number of nitrogens with two attached hydrogens (primary N) is 3. The van der Waals surface area contributed by atoms with Crippen LogP contribution in [0.2, 0.25) is 0 Å². The predicted octanol–water partition coefficient (Wildman–Crippen LogP) is 1.92. The molecule has 0 fully saturated rings. The van der Waals surface area contributed by atoms with E-state index in [0.29, 0.717) is 22.2 Å². The van der Waals surface area contributed by atoms with Crippen molar-refractivity contribution in [2.45, 2.75) is 23.8 Å². The summed E-state index contributed by atoms with van der Waals surface area (Å²) in [5, 5.41) is -1.78. The third-order valence-corrected chi connectivity index (χ3v) is 5.74. The van der Waals surface area contributed by atoms with Crippen molar-refractivity contribution in [3.63, 3.8) is 0 Å². The van der Waals surface area contributed by atoms with E-state index in [1.54, 1.807) is 24.3 Å². The van der Waals surface area contributed by atoms with Gasteiger partial charge >= 0.3 is 17.2 Å². The maximum Gasteiger partial charge on any atom is 0.404 e. The summed E-state index contributed by atoms with van der Waals surface area (Å²) in [6.07, 6.45) is 2.12. The van der Waals surface area contributed by atoms with E-state index in [0.717, 1.165) is 0 Å². The van der Waals surface area contributed by atoms with Crippen molar-refractivity contribution in [2.24, 2.45) is 11.5 Å². The lowest BCUT2D eigenvalue weighted by Gasteiger charge is -2.27. The molecule has 8 nitrogen and oxygen atoms in total. The molecule has 0 radical (unpaired) electrons. The van der Waals surface area contributed by atoms with Crippen LogP contribution in [0.25, 0.3) is 10.8 Å². The van der Waals surface area contributed by atoms with Crippen LogP contribution in [0.4, 0.5) is 5.69 Å². The number of alkyl halides is 1. The van der Waals surface area contributed by atoms with Gasteiger partial charge in [0, 0.05) is 22.4 Å². The number of ketones is 1. The van der Waals surface area contributed by atoms with Crippen molar-refractivity contribution >= 4 is 70.2 Å². The van der Waals surface area contributed by atoms with Crippen molar-refractivity contribution in [1.29, 1.82) is 0 Å². The Morgan fingerprint density at radius 1 is 1.06 bits per heavy atom. The Kier molecular flexibility index (Phi) is 9.01. The molecule has 0 aliphatic carbocycles. The van der Waals surface area contributed by atoms with Crippen LogP contribution in [0, 0.1) is 0 Å². The second-order valence-electron chi connectivity index (χ2n) is 6.63. The van der Waals surface area contributed by atoms with Crippen molar-refractivity contribution < 1.29 is 23.9 Å². The summed E-state index contributed by atoms with van der Waals surface area (Å²) in [5.41, 5.74) is 17.9. The van der Waals surface area contributed by atoms with Crippen LogP contribution in [0.3, 0.4) is 0 Å². The SMILES string of the molecule is CSCCC(N)C(=O)OC(Cl)(OC(=O)C(N)CS)C(=O)c1ccc(N)c2ccccc12. The second kappa shape index (κ2) is 11.1. The summed E-state index contributed by atoms with van der Waals surface area (Å²) >= 11 is 11.7. The number of benzene rings is 2. The van der Waals surface area contributed by atoms with Gasteiger partial charge in [0.1, 0.15) is 12.1 Å². The number of Topliss-reactive ketones (excluding diaryl/α,β-unsaturated/α-hetero) is 1. The number of anilines is 1. The van der Waals surface area contributed by atoms with Gasteiger partial charge in [0.15, 0.2) is 0 Å². The maximum absolute atomic E-state index is 13.4. The Balaban J connectivity index is 2.47. The zero-order valence-corrected chi connectivity index (χ0v) is 19.2. The molecule has 0 saturated carbocycles. The minimum atomic E-state index is -2.80. The fraction of sp³-hybridized carbons (Fsp3) is 0.350. The molecule has 2 rings (SSSR count). The number of esters is 2. The van der Waals surface area contributed by atoms with Gasteiger partial charge in [-0.15, -0.1) is 0 Å². The first kappa shape index (κ1) is 25.3. The topological polar surface area (TPSA) is 148 Å². The van der Waals surface area contributed by atoms with Gasteiger partial charge in [-0.1, -0.05) is 24.3 Å². The number of thioether (sulfide) groups is 1. The van der Waals surface area contributed by atoms with Crippen molar-refractivity contribution in [2.75, 3.05) is 23.5 Å².